The van der Waals surface area contributed by atoms with Crippen molar-refractivity contribution < 1.29 is 4.74 Å². The maximum atomic E-state index is 5.38. The third-order valence-electron chi connectivity index (χ3n) is 2.80. The third-order valence-corrected chi connectivity index (χ3v) is 3.33. The molecule has 4 heteroatoms. The van der Waals surface area contributed by atoms with Crippen LogP contribution < -0.4 is 5.32 Å². The van der Waals surface area contributed by atoms with Crippen molar-refractivity contribution in [2.24, 2.45) is 0 Å². The molecule has 1 rings (SSSR count). The molecule has 1 N–H and O–H groups in total. The normalized spacial score (nSPS) is 10.9. The van der Waals surface area contributed by atoms with Crippen molar-refractivity contribution in [3.05, 3.63) is 28.7 Å². The molecule has 0 fully saturated rings. The summed E-state index contributed by atoms with van der Waals surface area (Å²) in [6.07, 6.45) is 0. The molecule has 0 heterocycles. The van der Waals surface area contributed by atoms with Gasteiger partial charge < -0.3 is 10.1 Å². The largest absolute Gasteiger partial charge is 0.384 e. The smallest absolute Gasteiger partial charge is 0.0593 e. The van der Waals surface area contributed by atoms with Crippen molar-refractivity contribution in [3.8, 4) is 0 Å². The molecule has 3 nitrogen and oxygen atoms in total. The summed E-state index contributed by atoms with van der Waals surface area (Å²) < 4.78 is 6.49. The number of hydrogen-bond donors (Lipinski definition) is 1. The second-order valence-electron chi connectivity index (χ2n) is 4.06. The summed E-state index contributed by atoms with van der Waals surface area (Å²) in [6.45, 7) is 9.91. The number of benzene rings is 1. The maximum Gasteiger partial charge on any atom is 0.0593 e. The molecule has 0 aliphatic carbocycles. The average molecular weight is 315 g/mol. The Morgan fingerprint density at radius 3 is 2.50 bits per heavy atom. The molecule has 0 bridgehead atoms. The highest BCUT2D eigenvalue weighted by atomic mass is 79.9. The SMILES string of the molecule is CCOCCN(CC)CCNc1ccc(Br)cc1. The molecule has 1 aromatic carbocycles. The minimum Gasteiger partial charge on any atom is -0.384 e. The summed E-state index contributed by atoms with van der Waals surface area (Å²) in [6, 6.07) is 8.27. The van der Waals surface area contributed by atoms with E-state index in [9.17, 15) is 0 Å². The predicted molar refractivity (Wildman–Crippen MR) is 81.2 cm³/mol. The number of anilines is 1. The number of rotatable bonds is 9. The standard InChI is InChI=1S/C14H23BrN2O/c1-3-17(11-12-18-4-2)10-9-16-14-7-5-13(15)6-8-14/h5-8,16H,3-4,9-12H2,1-2H3. The molecule has 0 saturated heterocycles. The molecule has 102 valence electrons. The Balaban J connectivity index is 2.20. The predicted octanol–water partition coefficient (Wildman–Crippen LogP) is 3.22. The molecule has 0 atom stereocenters. The lowest BCUT2D eigenvalue weighted by molar-refractivity contribution is 0.117. The van der Waals surface area contributed by atoms with Crippen molar-refractivity contribution in [2.45, 2.75) is 13.8 Å². The first kappa shape index (κ1) is 15.5. The maximum absolute atomic E-state index is 5.38. The van der Waals surface area contributed by atoms with Crippen molar-refractivity contribution >= 4 is 21.6 Å². The van der Waals surface area contributed by atoms with Crippen LogP contribution in [0.2, 0.25) is 0 Å². The highest BCUT2D eigenvalue weighted by Crippen LogP contribution is 2.13. The minimum absolute atomic E-state index is 0.800. The highest BCUT2D eigenvalue weighted by molar-refractivity contribution is 9.10. The number of hydrogen-bond acceptors (Lipinski definition) is 3. The van der Waals surface area contributed by atoms with Crippen LogP contribution in [0.3, 0.4) is 0 Å². The zero-order valence-corrected chi connectivity index (χ0v) is 12.9. The molecule has 0 amide bonds. The number of likely N-dealkylation sites (N-methyl/N-ethyl adjacent to an activating group) is 1. The molecule has 0 aliphatic heterocycles. The highest BCUT2D eigenvalue weighted by Gasteiger charge is 2.01. The van der Waals surface area contributed by atoms with Gasteiger partial charge in [-0.15, -0.1) is 0 Å². The molecular formula is C14H23BrN2O. The fourth-order valence-electron chi connectivity index (χ4n) is 1.69. The van der Waals surface area contributed by atoms with E-state index in [-0.39, 0.29) is 0 Å². The summed E-state index contributed by atoms with van der Waals surface area (Å²) in [4.78, 5) is 2.39. The van der Waals surface area contributed by atoms with Gasteiger partial charge in [-0.05, 0) is 37.7 Å². The number of halogens is 1. The van der Waals surface area contributed by atoms with Crippen LogP contribution >= 0.6 is 15.9 Å². The molecule has 0 aliphatic rings. The van der Waals surface area contributed by atoms with E-state index < -0.39 is 0 Å². The van der Waals surface area contributed by atoms with Gasteiger partial charge in [-0.25, -0.2) is 0 Å². The Morgan fingerprint density at radius 1 is 1.17 bits per heavy atom. The molecule has 0 aromatic heterocycles. The van der Waals surface area contributed by atoms with Gasteiger partial charge >= 0.3 is 0 Å². The first-order valence-electron chi connectivity index (χ1n) is 6.55. The van der Waals surface area contributed by atoms with Gasteiger partial charge in [-0.2, -0.15) is 0 Å². The van der Waals surface area contributed by atoms with Gasteiger partial charge in [0, 0.05) is 36.4 Å². The van der Waals surface area contributed by atoms with Crippen molar-refractivity contribution in [3.63, 3.8) is 0 Å². The summed E-state index contributed by atoms with van der Waals surface area (Å²) in [7, 11) is 0. The quantitative estimate of drug-likeness (QED) is 0.708. The number of ether oxygens (including phenoxy) is 1. The second kappa shape index (κ2) is 9.36. The van der Waals surface area contributed by atoms with E-state index in [1.54, 1.807) is 0 Å². The topological polar surface area (TPSA) is 24.5 Å². The first-order chi connectivity index (χ1) is 8.76. The zero-order chi connectivity index (χ0) is 13.2. The van der Waals surface area contributed by atoms with E-state index in [0.29, 0.717) is 0 Å². The molecule has 0 unspecified atom stereocenters. The zero-order valence-electron chi connectivity index (χ0n) is 11.3. The fraction of sp³-hybridized carbons (Fsp3) is 0.571. The van der Waals surface area contributed by atoms with Crippen LogP contribution in [-0.4, -0.2) is 44.3 Å². The van der Waals surface area contributed by atoms with Crippen LogP contribution in [0.4, 0.5) is 5.69 Å². The van der Waals surface area contributed by atoms with Gasteiger partial charge in [0.05, 0.1) is 6.61 Å². The molecule has 0 spiro atoms. The van der Waals surface area contributed by atoms with Gasteiger partial charge in [0.2, 0.25) is 0 Å². The third kappa shape index (κ3) is 6.38. The van der Waals surface area contributed by atoms with E-state index in [4.69, 9.17) is 4.74 Å². The second-order valence-corrected chi connectivity index (χ2v) is 4.98. The average Bonchev–Trinajstić information content (AvgIpc) is 2.39. The molecule has 18 heavy (non-hydrogen) atoms. The molecule has 0 saturated carbocycles. The first-order valence-corrected chi connectivity index (χ1v) is 7.35. The van der Waals surface area contributed by atoms with Gasteiger partial charge in [0.25, 0.3) is 0 Å². The van der Waals surface area contributed by atoms with Gasteiger partial charge in [-0.3, -0.25) is 4.90 Å². The fourth-order valence-corrected chi connectivity index (χ4v) is 1.96. The van der Waals surface area contributed by atoms with E-state index in [1.807, 2.05) is 6.92 Å². The summed E-state index contributed by atoms with van der Waals surface area (Å²) in [5.74, 6) is 0. The van der Waals surface area contributed by atoms with Crippen LogP contribution in [0.15, 0.2) is 28.7 Å². The van der Waals surface area contributed by atoms with E-state index in [0.717, 1.165) is 43.9 Å². The van der Waals surface area contributed by atoms with E-state index in [1.165, 1.54) is 5.69 Å². The van der Waals surface area contributed by atoms with Crippen LogP contribution in [0.1, 0.15) is 13.8 Å². The van der Waals surface area contributed by atoms with Crippen molar-refractivity contribution in [2.75, 3.05) is 44.7 Å². The Morgan fingerprint density at radius 2 is 1.89 bits per heavy atom. The van der Waals surface area contributed by atoms with Crippen molar-refractivity contribution in [1.82, 2.24) is 4.90 Å². The summed E-state index contributed by atoms with van der Waals surface area (Å²) in [5.41, 5.74) is 1.17. The van der Waals surface area contributed by atoms with Crippen molar-refractivity contribution in [1.29, 1.82) is 0 Å². The van der Waals surface area contributed by atoms with Gasteiger partial charge in [0.15, 0.2) is 0 Å². The van der Waals surface area contributed by atoms with Crippen LogP contribution in [-0.2, 0) is 4.74 Å². The minimum atomic E-state index is 0.800. The Hall–Kier alpha value is -0.580. The lowest BCUT2D eigenvalue weighted by Gasteiger charge is -2.20. The number of nitrogens with zero attached hydrogens (tertiary/aromatic N) is 1. The van der Waals surface area contributed by atoms with Crippen LogP contribution in [0, 0.1) is 0 Å². The van der Waals surface area contributed by atoms with Crippen LogP contribution in [0.5, 0.6) is 0 Å². The van der Waals surface area contributed by atoms with E-state index in [2.05, 4.69) is 57.3 Å². The lowest BCUT2D eigenvalue weighted by atomic mass is 10.3. The van der Waals surface area contributed by atoms with Crippen LogP contribution in [0.25, 0.3) is 0 Å². The molecule has 0 radical (unpaired) electrons. The monoisotopic (exact) mass is 314 g/mol. The molecular weight excluding hydrogens is 292 g/mol. The summed E-state index contributed by atoms with van der Waals surface area (Å²) >= 11 is 3.43. The number of nitrogens with one attached hydrogen (secondary N) is 1. The Bertz CT molecular complexity index is 316. The Labute approximate surface area is 119 Å². The van der Waals surface area contributed by atoms with Gasteiger partial charge in [0.1, 0.15) is 0 Å². The van der Waals surface area contributed by atoms with E-state index >= 15 is 0 Å². The lowest BCUT2D eigenvalue weighted by Crippen LogP contribution is -2.32. The summed E-state index contributed by atoms with van der Waals surface area (Å²) in [5, 5.41) is 3.42. The van der Waals surface area contributed by atoms with Gasteiger partial charge in [-0.1, -0.05) is 22.9 Å². The Kier molecular flexibility index (Phi) is 8.05. The molecule has 1 aromatic rings.